The number of carbonyl (C=O) groups is 1. The van der Waals surface area contributed by atoms with Crippen molar-refractivity contribution in [3.05, 3.63) is 83.4 Å². The monoisotopic (exact) mass is 358 g/mol. The molecule has 0 aromatic heterocycles. The van der Waals surface area contributed by atoms with Gasteiger partial charge in [0.25, 0.3) is 5.91 Å². The van der Waals surface area contributed by atoms with Crippen LogP contribution in [0.5, 0.6) is 11.5 Å². The molecule has 0 radical (unpaired) electrons. The fourth-order valence-electron chi connectivity index (χ4n) is 3.54. The number of fused-ring (bicyclic) bond motifs is 2. The van der Waals surface area contributed by atoms with Crippen molar-refractivity contribution in [2.24, 2.45) is 0 Å². The van der Waals surface area contributed by atoms with Gasteiger partial charge in [-0.2, -0.15) is 0 Å². The van der Waals surface area contributed by atoms with Crippen LogP contribution >= 0.6 is 0 Å². The number of aryl methyl sites for hydroxylation is 1. The molecule has 2 heterocycles. The van der Waals surface area contributed by atoms with Gasteiger partial charge in [-0.15, -0.1) is 0 Å². The number of rotatable bonds is 2. The van der Waals surface area contributed by atoms with Gasteiger partial charge >= 0.3 is 0 Å². The molecule has 2 aliphatic heterocycles. The van der Waals surface area contributed by atoms with Crippen LogP contribution in [0, 0.1) is 6.92 Å². The first-order valence-electron chi connectivity index (χ1n) is 8.86. The Morgan fingerprint density at radius 1 is 0.963 bits per heavy atom. The van der Waals surface area contributed by atoms with E-state index in [-0.39, 0.29) is 18.9 Å². The zero-order valence-corrected chi connectivity index (χ0v) is 14.8. The van der Waals surface area contributed by atoms with E-state index in [9.17, 15) is 4.79 Å². The number of hydrogen-bond acceptors (Lipinski definition) is 4. The fraction of sp³-hybridized carbons (Fsp3) is 0.136. The highest BCUT2D eigenvalue weighted by Crippen LogP contribution is 2.40. The lowest BCUT2D eigenvalue weighted by atomic mass is 10.0. The van der Waals surface area contributed by atoms with E-state index in [0.717, 1.165) is 28.3 Å². The molecule has 1 atom stereocenters. The molecule has 3 aromatic rings. The summed E-state index contributed by atoms with van der Waals surface area (Å²) in [6.07, 6.45) is -0.343. The van der Waals surface area contributed by atoms with Crippen molar-refractivity contribution in [2.75, 3.05) is 17.0 Å². The van der Waals surface area contributed by atoms with Gasteiger partial charge in [0, 0.05) is 11.4 Å². The molecule has 1 amide bonds. The predicted molar refractivity (Wildman–Crippen MR) is 103 cm³/mol. The van der Waals surface area contributed by atoms with Crippen molar-refractivity contribution in [2.45, 2.75) is 13.1 Å². The molecule has 3 aromatic carbocycles. The van der Waals surface area contributed by atoms with Crippen molar-refractivity contribution >= 4 is 17.3 Å². The molecule has 134 valence electrons. The number of benzene rings is 3. The minimum atomic E-state index is -0.343. The van der Waals surface area contributed by atoms with Gasteiger partial charge in [0.15, 0.2) is 11.5 Å². The Bertz CT molecular complexity index is 1030. The number of nitrogens with zero attached hydrogens (tertiary/aromatic N) is 1. The fourth-order valence-corrected chi connectivity index (χ4v) is 3.54. The molecular weight excluding hydrogens is 340 g/mol. The Labute approximate surface area is 157 Å². The van der Waals surface area contributed by atoms with Gasteiger partial charge in [0.05, 0.1) is 5.56 Å². The van der Waals surface area contributed by atoms with Crippen LogP contribution in [0.3, 0.4) is 0 Å². The van der Waals surface area contributed by atoms with Gasteiger partial charge < -0.3 is 14.8 Å². The van der Waals surface area contributed by atoms with Crippen LogP contribution < -0.4 is 19.7 Å². The Hall–Kier alpha value is -3.47. The third kappa shape index (κ3) is 2.59. The molecule has 0 fully saturated rings. The molecule has 1 N–H and O–H groups in total. The third-order valence-electron chi connectivity index (χ3n) is 4.95. The first kappa shape index (κ1) is 15.8. The zero-order chi connectivity index (χ0) is 18.4. The Balaban J connectivity index is 1.64. The molecule has 5 rings (SSSR count). The lowest BCUT2D eigenvalue weighted by Gasteiger charge is -2.38. The minimum Gasteiger partial charge on any atom is -0.454 e. The molecule has 27 heavy (non-hydrogen) atoms. The Morgan fingerprint density at radius 3 is 2.59 bits per heavy atom. The van der Waals surface area contributed by atoms with Crippen LogP contribution in [0.1, 0.15) is 27.7 Å². The number of amides is 1. The quantitative estimate of drug-likeness (QED) is 0.733. The second kappa shape index (κ2) is 6.06. The Kier molecular flexibility index (Phi) is 3.53. The number of para-hydroxylation sites is 1. The largest absolute Gasteiger partial charge is 0.454 e. The van der Waals surface area contributed by atoms with Gasteiger partial charge in [-0.1, -0.05) is 35.9 Å². The topological polar surface area (TPSA) is 50.8 Å². The maximum Gasteiger partial charge on any atom is 0.262 e. The van der Waals surface area contributed by atoms with Crippen LogP contribution in [0.25, 0.3) is 0 Å². The molecule has 0 spiro atoms. The van der Waals surface area contributed by atoms with E-state index in [4.69, 9.17) is 9.47 Å². The normalized spacial score (nSPS) is 17.4. The molecule has 2 aliphatic rings. The van der Waals surface area contributed by atoms with Crippen molar-refractivity contribution in [1.29, 1.82) is 0 Å². The number of carbonyl (C=O) groups excluding carboxylic acids is 1. The Morgan fingerprint density at radius 2 is 1.74 bits per heavy atom. The van der Waals surface area contributed by atoms with E-state index in [2.05, 4.69) is 5.32 Å². The first-order chi connectivity index (χ1) is 13.2. The molecule has 0 saturated carbocycles. The highest BCUT2D eigenvalue weighted by atomic mass is 16.7. The minimum absolute atomic E-state index is 0.0316. The summed E-state index contributed by atoms with van der Waals surface area (Å²) < 4.78 is 10.9. The average Bonchev–Trinajstić information content (AvgIpc) is 3.17. The summed E-state index contributed by atoms with van der Waals surface area (Å²) in [7, 11) is 0. The van der Waals surface area contributed by atoms with E-state index in [1.54, 1.807) is 4.90 Å². The van der Waals surface area contributed by atoms with Crippen LogP contribution in [0.15, 0.2) is 66.7 Å². The molecule has 5 heteroatoms. The summed E-state index contributed by atoms with van der Waals surface area (Å²) in [6, 6.07) is 21.4. The highest BCUT2D eigenvalue weighted by molar-refractivity contribution is 6.12. The van der Waals surface area contributed by atoms with Gasteiger partial charge in [-0.05, 0) is 48.9 Å². The summed E-state index contributed by atoms with van der Waals surface area (Å²) in [5, 5.41) is 3.51. The van der Waals surface area contributed by atoms with Gasteiger partial charge in [0.2, 0.25) is 6.79 Å². The van der Waals surface area contributed by atoms with Crippen LogP contribution in [-0.2, 0) is 0 Å². The zero-order valence-electron chi connectivity index (χ0n) is 14.8. The lowest BCUT2D eigenvalue weighted by Crippen LogP contribution is -2.43. The molecule has 0 unspecified atom stereocenters. The van der Waals surface area contributed by atoms with Crippen molar-refractivity contribution < 1.29 is 14.3 Å². The molecule has 5 nitrogen and oxygen atoms in total. The van der Waals surface area contributed by atoms with E-state index < -0.39 is 0 Å². The van der Waals surface area contributed by atoms with E-state index >= 15 is 0 Å². The van der Waals surface area contributed by atoms with E-state index in [1.807, 2.05) is 73.7 Å². The maximum atomic E-state index is 13.3. The van der Waals surface area contributed by atoms with Gasteiger partial charge in [0.1, 0.15) is 6.17 Å². The number of hydrogen-bond donors (Lipinski definition) is 1. The summed E-state index contributed by atoms with van der Waals surface area (Å²) in [5.41, 5.74) is 4.41. The molecule has 0 aliphatic carbocycles. The molecule has 0 bridgehead atoms. The van der Waals surface area contributed by atoms with Crippen molar-refractivity contribution in [3.8, 4) is 11.5 Å². The number of ether oxygens (including phenoxy) is 2. The summed E-state index contributed by atoms with van der Waals surface area (Å²) in [6.45, 7) is 2.25. The first-order valence-corrected chi connectivity index (χ1v) is 8.86. The average molecular weight is 358 g/mol. The number of anilines is 2. The maximum absolute atomic E-state index is 13.3. The summed E-state index contributed by atoms with van der Waals surface area (Å²) >= 11 is 0. The SMILES string of the molecule is Cc1ccc(N2C(=O)c3ccccc3N[C@@H]2c2ccc3c(c2)OCO3)cc1. The highest BCUT2D eigenvalue weighted by Gasteiger charge is 2.34. The van der Waals surface area contributed by atoms with Crippen molar-refractivity contribution in [3.63, 3.8) is 0 Å². The van der Waals surface area contributed by atoms with Gasteiger partial charge in [-0.3, -0.25) is 9.69 Å². The van der Waals surface area contributed by atoms with E-state index in [1.165, 1.54) is 0 Å². The molecular formula is C22H18N2O3. The van der Waals surface area contributed by atoms with Crippen LogP contribution in [-0.4, -0.2) is 12.7 Å². The third-order valence-corrected chi connectivity index (χ3v) is 4.95. The second-order valence-corrected chi connectivity index (χ2v) is 6.72. The smallest absolute Gasteiger partial charge is 0.262 e. The summed E-state index contributed by atoms with van der Waals surface area (Å²) in [4.78, 5) is 15.1. The van der Waals surface area contributed by atoms with Crippen LogP contribution in [0.2, 0.25) is 0 Å². The van der Waals surface area contributed by atoms with Crippen molar-refractivity contribution in [1.82, 2.24) is 0 Å². The number of nitrogens with one attached hydrogen (secondary N) is 1. The van der Waals surface area contributed by atoms with E-state index in [0.29, 0.717) is 11.3 Å². The lowest BCUT2D eigenvalue weighted by molar-refractivity contribution is 0.0975. The standard InChI is InChI=1S/C22H18N2O3/c1-14-6-9-16(10-7-14)24-21(15-8-11-19-20(12-15)27-13-26-19)23-18-5-3-2-4-17(18)22(24)25/h2-12,21,23H,13H2,1H3/t21-/m0/s1. The predicted octanol–water partition coefficient (Wildman–Crippen LogP) is 4.49. The molecule has 0 saturated heterocycles. The van der Waals surface area contributed by atoms with Crippen LogP contribution in [0.4, 0.5) is 11.4 Å². The van der Waals surface area contributed by atoms with Gasteiger partial charge in [-0.25, -0.2) is 0 Å². The summed E-state index contributed by atoms with van der Waals surface area (Å²) in [5.74, 6) is 1.39. The second-order valence-electron chi connectivity index (χ2n) is 6.72.